The number of aryl methyl sites for hydroxylation is 1. The maximum atomic E-state index is 12.2. The molecule has 1 aliphatic heterocycles. The molecule has 0 N–H and O–H groups in total. The molecule has 0 atom stereocenters. The number of aromatic nitrogens is 2. The van der Waals surface area contributed by atoms with Crippen molar-refractivity contribution in [3.05, 3.63) is 16.8 Å². The molecule has 8 heteroatoms. The van der Waals surface area contributed by atoms with Gasteiger partial charge in [0, 0.05) is 31.1 Å². The second kappa shape index (κ2) is 7.08. The minimum Gasteiger partial charge on any atom is -0.444 e. The highest BCUT2D eigenvalue weighted by Gasteiger charge is 2.27. The predicted molar refractivity (Wildman–Crippen MR) is 102 cm³/mol. The lowest BCUT2D eigenvalue weighted by Gasteiger charge is -2.36. The molecule has 26 heavy (non-hydrogen) atoms. The summed E-state index contributed by atoms with van der Waals surface area (Å²) in [5.74, 6) is 0.970. The van der Waals surface area contributed by atoms with E-state index in [0.29, 0.717) is 26.2 Å². The van der Waals surface area contributed by atoms with Gasteiger partial charge in [0.05, 0.1) is 5.39 Å². The summed E-state index contributed by atoms with van der Waals surface area (Å²) in [6, 6.07) is 4.16. The molecule has 138 valence electrons. The number of thiophene rings is 1. The Morgan fingerprint density at radius 2 is 2.00 bits per heavy atom. The highest BCUT2D eigenvalue weighted by atomic mass is 32.1. The highest BCUT2D eigenvalue weighted by molar-refractivity contribution is 7.18. The molecule has 2 aromatic rings. The van der Waals surface area contributed by atoms with E-state index < -0.39 is 5.60 Å². The molecule has 3 heterocycles. The van der Waals surface area contributed by atoms with E-state index in [-0.39, 0.29) is 11.9 Å². The molecule has 0 aromatic carbocycles. The second-order valence-electron chi connectivity index (χ2n) is 7.22. The summed E-state index contributed by atoms with van der Waals surface area (Å²) in [6.07, 6.45) is 0.640. The Morgan fingerprint density at radius 3 is 2.58 bits per heavy atom. The van der Waals surface area contributed by atoms with Crippen molar-refractivity contribution in [2.24, 2.45) is 0 Å². The molecule has 1 saturated heterocycles. The minimum atomic E-state index is -0.498. The molecule has 3 rings (SSSR count). The molecular weight excluding hydrogens is 350 g/mol. The van der Waals surface area contributed by atoms with Crippen molar-refractivity contribution in [2.75, 3.05) is 31.1 Å². The number of rotatable bonds is 2. The molecule has 0 saturated carbocycles. The lowest BCUT2D eigenvalue weighted by Crippen LogP contribution is -2.50. The fourth-order valence-electron chi connectivity index (χ4n) is 2.85. The van der Waals surface area contributed by atoms with Gasteiger partial charge in [-0.25, -0.2) is 14.8 Å². The lowest BCUT2D eigenvalue weighted by molar-refractivity contribution is 0.0240. The van der Waals surface area contributed by atoms with Crippen LogP contribution in [0, 0.1) is 11.3 Å². The average molecular weight is 373 g/mol. The van der Waals surface area contributed by atoms with Gasteiger partial charge >= 0.3 is 6.09 Å². The van der Waals surface area contributed by atoms with Crippen LogP contribution in [0.5, 0.6) is 0 Å². The van der Waals surface area contributed by atoms with Crippen LogP contribution < -0.4 is 4.90 Å². The van der Waals surface area contributed by atoms with Crippen LogP contribution in [0.4, 0.5) is 10.6 Å². The number of carbonyl (C=O) groups excluding carboxylic acids is 1. The highest BCUT2D eigenvalue weighted by Crippen LogP contribution is 2.32. The van der Waals surface area contributed by atoms with Gasteiger partial charge in [0.15, 0.2) is 0 Å². The fourth-order valence-corrected chi connectivity index (χ4v) is 3.81. The number of hydrogen-bond acceptors (Lipinski definition) is 7. The zero-order chi connectivity index (χ0) is 18.9. The van der Waals surface area contributed by atoms with Crippen LogP contribution in [0.25, 0.3) is 10.2 Å². The summed E-state index contributed by atoms with van der Waals surface area (Å²) in [5.41, 5.74) is -0.498. The van der Waals surface area contributed by atoms with E-state index >= 15 is 0 Å². The van der Waals surface area contributed by atoms with E-state index in [4.69, 9.17) is 4.74 Å². The fraction of sp³-hybridized carbons (Fsp3) is 0.556. The standard InChI is InChI=1S/C18H23N5O2S/c1-5-12-10-13-15(20-14(11-19)21-16(13)26-12)22-6-8-23(9-7-22)17(24)25-18(2,3)4/h10H,5-9H2,1-4H3. The molecule has 2 aromatic heterocycles. The molecule has 1 fully saturated rings. The van der Waals surface area contributed by atoms with Gasteiger partial charge < -0.3 is 14.5 Å². The number of fused-ring (bicyclic) bond motifs is 1. The van der Waals surface area contributed by atoms with E-state index in [0.717, 1.165) is 22.5 Å². The predicted octanol–water partition coefficient (Wildman–Crippen LogP) is 3.18. The summed E-state index contributed by atoms with van der Waals surface area (Å²) in [5, 5.41) is 10.2. The first-order chi connectivity index (χ1) is 12.3. The third-order valence-corrected chi connectivity index (χ3v) is 5.28. The SMILES string of the molecule is CCc1cc2c(N3CCN(C(=O)OC(C)(C)C)CC3)nc(C#N)nc2s1. The summed E-state index contributed by atoms with van der Waals surface area (Å²) in [7, 11) is 0. The van der Waals surface area contributed by atoms with Crippen molar-refractivity contribution >= 4 is 33.5 Å². The zero-order valence-corrected chi connectivity index (χ0v) is 16.4. The topological polar surface area (TPSA) is 82.4 Å². The summed E-state index contributed by atoms with van der Waals surface area (Å²) < 4.78 is 5.44. The third kappa shape index (κ3) is 3.88. The summed E-state index contributed by atoms with van der Waals surface area (Å²) in [6.45, 7) is 10.1. The smallest absolute Gasteiger partial charge is 0.410 e. The number of ether oxygens (including phenoxy) is 1. The molecule has 1 aliphatic rings. The van der Waals surface area contributed by atoms with E-state index in [1.807, 2.05) is 20.8 Å². The van der Waals surface area contributed by atoms with Gasteiger partial charge in [-0.05, 0) is 33.3 Å². The number of anilines is 1. The van der Waals surface area contributed by atoms with Gasteiger partial charge in [0.1, 0.15) is 22.3 Å². The Bertz CT molecular complexity index is 857. The van der Waals surface area contributed by atoms with Gasteiger partial charge in [-0.2, -0.15) is 5.26 Å². The van der Waals surface area contributed by atoms with Gasteiger partial charge in [-0.3, -0.25) is 0 Å². The number of hydrogen-bond donors (Lipinski definition) is 0. The molecule has 0 aliphatic carbocycles. The van der Waals surface area contributed by atoms with Crippen LogP contribution in [0.1, 0.15) is 38.4 Å². The van der Waals surface area contributed by atoms with Crippen LogP contribution in [0.3, 0.4) is 0 Å². The maximum Gasteiger partial charge on any atom is 0.410 e. The second-order valence-corrected chi connectivity index (χ2v) is 8.34. The molecule has 0 spiro atoms. The first kappa shape index (κ1) is 18.4. The van der Waals surface area contributed by atoms with Crippen LogP contribution >= 0.6 is 11.3 Å². The lowest BCUT2D eigenvalue weighted by atomic mass is 10.2. The Balaban J connectivity index is 1.80. The zero-order valence-electron chi connectivity index (χ0n) is 15.6. The van der Waals surface area contributed by atoms with E-state index in [2.05, 4.69) is 33.9 Å². The van der Waals surface area contributed by atoms with Crippen molar-refractivity contribution in [1.29, 1.82) is 5.26 Å². The Hall–Kier alpha value is -2.40. The third-order valence-electron chi connectivity index (χ3n) is 4.10. The Morgan fingerprint density at radius 1 is 1.31 bits per heavy atom. The maximum absolute atomic E-state index is 12.2. The summed E-state index contributed by atoms with van der Waals surface area (Å²) >= 11 is 1.60. The number of nitriles is 1. The Kier molecular flexibility index (Phi) is 5.01. The average Bonchev–Trinajstić information content (AvgIpc) is 3.02. The van der Waals surface area contributed by atoms with E-state index in [1.165, 1.54) is 4.88 Å². The largest absolute Gasteiger partial charge is 0.444 e. The van der Waals surface area contributed by atoms with Crippen molar-refractivity contribution in [1.82, 2.24) is 14.9 Å². The Labute approximate surface area is 157 Å². The number of amides is 1. The van der Waals surface area contributed by atoms with E-state index in [9.17, 15) is 10.1 Å². The van der Waals surface area contributed by atoms with Crippen molar-refractivity contribution in [2.45, 2.75) is 39.7 Å². The van der Waals surface area contributed by atoms with Crippen molar-refractivity contribution < 1.29 is 9.53 Å². The first-order valence-corrected chi connectivity index (χ1v) is 9.56. The molecule has 0 bridgehead atoms. The van der Waals surface area contributed by atoms with Crippen molar-refractivity contribution in [3.63, 3.8) is 0 Å². The van der Waals surface area contributed by atoms with Crippen LogP contribution in [-0.2, 0) is 11.2 Å². The quantitative estimate of drug-likeness (QED) is 0.804. The van der Waals surface area contributed by atoms with Crippen molar-refractivity contribution in [3.8, 4) is 6.07 Å². The number of nitrogens with zero attached hydrogens (tertiary/aromatic N) is 5. The number of piperazine rings is 1. The first-order valence-electron chi connectivity index (χ1n) is 8.74. The van der Waals surface area contributed by atoms with Gasteiger partial charge in [-0.1, -0.05) is 6.92 Å². The minimum absolute atomic E-state index is 0.187. The van der Waals surface area contributed by atoms with E-state index in [1.54, 1.807) is 16.2 Å². The van der Waals surface area contributed by atoms with Crippen LogP contribution in [0.15, 0.2) is 6.07 Å². The van der Waals surface area contributed by atoms with Crippen LogP contribution in [-0.4, -0.2) is 52.7 Å². The monoisotopic (exact) mass is 373 g/mol. The normalized spacial score (nSPS) is 15.2. The van der Waals surface area contributed by atoms with Gasteiger partial charge in [0.2, 0.25) is 5.82 Å². The van der Waals surface area contributed by atoms with Gasteiger partial charge in [-0.15, -0.1) is 11.3 Å². The molecule has 0 radical (unpaired) electrons. The molecule has 7 nitrogen and oxygen atoms in total. The molecule has 1 amide bonds. The number of carbonyl (C=O) groups is 1. The molecular formula is C18H23N5O2S. The molecule has 0 unspecified atom stereocenters. The van der Waals surface area contributed by atoms with Gasteiger partial charge in [0.25, 0.3) is 0 Å². The van der Waals surface area contributed by atoms with Crippen LogP contribution in [0.2, 0.25) is 0 Å². The summed E-state index contributed by atoms with van der Waals surface area (Å²) in [4.78, 5) is 26.9.